The van der Waals surface area contributed by atoms with Gasteiger partial charge in [0.15, 0.2) is 5.82 Å². The predicted molar refractivity (Wildman–Crippen MR) is 85.7 cm³/mol. The molecule has 1 aliphatic heterocycles. The minimum absolute atomic E-state index is 0. The summed E-state index contributed by atoms with van der Waals surface area (Å²) in [6, 6.07) is 9.74. The number of aromatic nitrogens is 3. The summed E-state index contributed by atoms with van der Waals surface area (Å²) >= 11 is 0. The summed E-state index contributed by atoms with van der Waals surface area (Å²) in [4.78, 5) is 14.3. The molecule has 1 aromatic carbocycles. The first kappa shape index (κ1) is 16.5. The van der Waals surface area contributed by atoms with Crippen LogP contribution in [0.5, 0.6) is 0 Å². The lowest BCUT2D eigenvalue weighted by molar-refractivity contribution is -0.136. The third-order valence-electron chi connectivity index (χ3n) is 3.83. The van der Waals surface area contributed by atoms with Crippen molar-refractivity contribution in [2.45, 2.75) is 25.4 Å². The number of nitrogens with two attached hydrogens (primary N) is 1. The van der Waals surface area contributed by atoms with Crippen molar-refractivity contribution in [1.82, 2.24) is 19.7 Å². The predicted octanol–water partition coefficient (Wildman–Crippen LogP) is 0.957. The second-order valence-electron chi connectivity index (χ2n) is 5.34. The minimum atomic E-state index is -0.280. The Bertz CT molecular complexity index is 629. The van der Waals surface area contributed by atoms with Gasteiger partial charge in [0.2, 0.25) is 5.91 Å². The third-order valence-corrected chi connectivity index (χ3v) is 3.83. The molecule has 0 saturated carbocycles. The fourth-order valence-corrected chi connectivity index (χ4v) is 2.80. The van der Waals surface area contributed by atoms with Gasteiger partial charge in [0, 0.05) is 19.9 Å². The van der Waals surface area contributed by atoms with E-state index in [4.69, 9.17) is 5.73 Å². The molecule has 7 heteroatoms. The molecule has 0 saturated heterocycles. The summed E-state index contributed by atoms with van der Waals surface area (Å²) < 4.78 is 1.97. The van der Waals surface area contributed by atoms with Gasteiger partial charge in [-0.1, -0.05) is 30.3 Å². The van der Waals surface area contributed by atoms with Crippen molar-refractivity contribution in [3.8, 4) is 0 Å². The number of likely N-dealkylation sites (N-methyl/N-ethyl adjacent to an activating group) is 1. The number of nitrogens with zero attached hydrogens (tertiary/aromatic N) is 4. The summed E-state index contributed by atoms with van der Waals surface area (Å²) in [6.45, 7) is 1.00. The summed E-state index contributed by atoms with van der Waals surface area (Å²) in [7, 11) is 1.81. The van der Waals surface area contributed by atoms with E-state index in [2.05, 4.69) is 10.2 Å². The maximum absolute atomic E-state index is 12.6. The fourth-order valence-electron chi connectivity index (χ4n) is 2.80. The molecule has 2 aromatic rings. The second kappa shape index (κ2) is 6.89. The molecule has 2 heterocycles. The Balaban J connectivity index is 0.00000176. The van der Waals surface area contributed by atoms with Crippen molar-refractivity contribution < 1.29 is 4.79 Å². The van der Waals surface area contributed by atoms with Crippen LogP contribution in [-0.4, -0.2) is 39.2 Å². The van der Waals surface area contributed by atoms with E-state index in [-0.39, 0.29) is 24.4 Å². The zero-order chi connectivity index (χ0) is 14.8. The number of hydrogen-bond donors (Lipinski definition) is 1. The highest BCUT2D eigenvalue weighted by atomic mass is 35.5. The van der Waals surface area contributed by atoms with Crippen LogP contribution in [0.4, 0.5) is 0 Å². The van der Waals surface area contributed by atoms with E-state index in [0.717, 1.165) is 17.2 Å². The highest BCUT2D eigenvalue weighted by Gasteiger charge is 2.34. The fraction of sp³-hybridized carbons (Fsp3) is 0.400. The lowest BCUT2D eigenvalue weighted by Crippen LogP contribution is -2.42. The molecule has 118 valence electrons. The van der Waals surface area contributed by atoms with Gasteiger partial charge < -0.3 is 15.2 Å². The van der Waals surface area contributed by atoms with Crippen molar-refractivity contribution in [3.63, 3.8) is 0 Å². The zero-order valence-corrected chi connectivity index (χ0v) is 13.3. The normalized spacial score (nSPS) is 17.1. The Labute approximate surface area is 135 Å². The van der Waals surface area contributed by atoms with E-state index in [1.165, 1.54) is 0 Å². The van der Waals surface area contributed by atoms with Gasteiger partial charge in [-0.25, -0.2) is 0 Å². The Kier molecular flexibility index (Phi) is 5.15. The van der Waals surface area contributed by atoms with E-state index >= 15 is 0 Å². The molecular formula is C15H20ClN5O. The van der Waals surface area contributed by atoms with Crippen LogP contribution < -0.4 is 5.73 Å². The quantitative estimate of drug-likeness (QED) is 0.910. The van der Waals surface area contributed by atoms with Gasteiger partial charge in [0.1, 0.15) is 11.9 Å². The van der Waals surface area contributed by atoms with Gasteiger partial charge in [-0.2, -0.15) is 0 Å². The smallest absolute Gasteiger partial charge is 0.246 e. The second-order valence-corrected chi connectivity index (χ2v) is 5.34. The Hall–Kier alpha value is -1.92. The van der Waals surface area contributed by atoms with Crippen LogP contribution in [-0.2, 0) is 24.2 Å². The topological polar surface area (TPSA) is 77.0 Å². The van der Waals surface area contributed by atoms with Gasteiger partial charge in [0.25, 0.3) is 0 Å². The molecule has 1 aliphatic rings. The first-order valence-electron chi connectivity index (χ1n) is 7.12. The van der Waals surface area contributed by atoms with Crippen molar-refractivity contribution >= 4 is 18.3 Å². The number of rotatable bonds is 4. The molecule has 2 N–H and O–H groups in total. The molecule has 0 aliphatic carbocycles. The summed E-state index contributed by atoms with van der Waals surface area (Å²) in [5.41, 5.74) is 6.77. The summed E-state index contributed by atoms with van der Waals surface area (Å²) in [5, 5.41) is 8.42. The van der Waals surface area contributed by atoms with E-state index < -0.39 is 0 Å². The van der Waals surface area contributed by atoms with Crippen LogP contribution in [0.25, 0.3) is 0 Å². The minimum Gasteiger partial charge on any atom is -0.336 e. The molecule has 0 bridgehead atoms. The standard InChI is InChI=1S/C15H19N5O.ClH/c1-19-10-14-18-17-13(7-8-16)20(14)12(15(19)21)9-11-5-3-2-4-6-11;/h2-6,12H,7-10,16H2,1H3;1H/t12-;/m1./s1. The molecule has 0 fully saturated rings. The molecule has 1 aromatic heterocycles. The molecule has 6 nitrogen and oxygen atoms in total. The molecular weight excluding hydrogens is 302 g/mol. The molecule has 1 amide bonds. The van der Waals surface area contributed by atoms with Crippen molar-refractivity contribution in [2.75, 3.05) is 13.6 Å². The maximum Gasteiger partial charge on any atom is 0.246 e. The number of benzene rings is 1. The number of carbonyl (C=O) groups excluding carboxylic acids is 1. The highest BCUT2D eigenvalue weighted by Crippen LogP contribution is 2.25. The van der Waals surface area contributed by atoms with Crippen LogP contribution >= 0.6 is 12.4 Å². The average molecular weight is 322 g/mol. The van der Waals surface area contributed by atoms with Gasteiger partial charge >= 0.3 is 0 Å². The molecule has 0 unspecified atom stereocenters. The van der Waals surface area contributed by atoms with E-state index in [1.54, 1.807) is 11.9 Å². The largest absolute Gasteiger partial charge is 0.336 e. The lowest BCUT2D eigenvalue weighted by atomic mass is 10.0. The highest BCUT2D eigenvalue weighted by molar-refractivity contribution is 5.85. The molecule has 0 radical (unpaired) electrons. The molecule has 0 spiro atoms. The monoisotopic (exact) mass is 321 g/mol. The third kappa shape index (κ3) is 2.98. The van der Waals surface area contributed by atoms with Gasteiger partial charge in [0.05, 0.1) is 6.54 Å². The van der Waals surface area contributed by atoms with Crippen LogP contribution in [0.15, 0.2) is 30.3 Å². The summed E-state index contributed by atoms with van der Waals surface area (Å²) in [6.07, 6.45) is 1.28. The van der Waals surface area contributed by atoms with Gasteiger partial charge in [-0.3, -0.25) is 4.79 Å². The van der Waals surface area contributed by atoms with Crippen LogP contribution in [0.3, 0.4) is 0 Å². The SMILES string of the molecule is CN1Cc2nnc(CCN)n2[C@H](Cc2ccccc2)C1=O.Cl. The zero-order valence-electron chi connectivity index (χ0n) is 12.5. The number of hydrogen-bond acceptors (Lipinski definition) is 4. The number of fused-ring (bicyclic) bond motifs is 1. The number of amides is 1. The van der Waals surface area contributed by atoms with Gasteiger partial charge in [-0.05, 0) is 12.1 Å². The number of carbonyl (C=O) groups is 1. The Morgan fingerprint density at radius 2 is 2.00 bits per heavy atom. The van der Waals surface area contributed by atoms with Gasteiger partial charge in [-0.15, -0.1) is 22.6 Å². The Morgan fingerprint density at radius 1 is 1.27 bits per heavy atom. The van der Waals surface area contributed by atoms with Crippen molar-refractivity contribution in [2.24, 2.45) is 5.73 Å². The van der Waals surface area contributed by atoms with Crippen molar-refractivity contribution in [1.29, 1.82) is 0 Å². The molecule has 3 rings (SSSR count). The molecule has 1 atom stereocenters. The van der Waals surface area contributed by atoms with E-state index in [1.807, 2.05) is 34.9 Å². The maximum atomic E-state index is 12.6. The van der Waals surface area contributed by atoms with Crippen LogP contribution in [0.1, 0.15) is 23.3 Å². The first-order valence-corrected chi connectivity index (χ1v) is 7.12. The lowest BCUT2D eigenvalue weighted by Gasteiger charge is -2.31. The Morgan fingerprint density at radius 3 is 2.68 bits per heavy atom. The number of halogens is 1. The van der Waals surface area contributed by atoms with E-state index in [9.17, 15) is 4.79 Å². The van der Waals surface area contributed by atoms with Crippen LogP contribution in [0.2, 0.25) is 0 Å². The first-order chi connectivity index (χ1) is 10.2. The average Bonchev–Trinajstić information content (AvgIpc) is 2.88. The van der Waals surface area contributed by atoms with Crippen LogP contribution in [0, 0.1) is 0 Å². The van der Waals surface area contributed by atoms with E-state index in [0.29, 0.717) is 25.9 Å². The molecule has 22 heavy (non-hydrogen) atoms. The van der Waals surface area contributed by atoms with Crippen molar-refractivity contribution in [3.05, 3.63) is 47.5 Å². The summed E-state index contributed by atoms with van der Waals surface area (Å²) in [5.74, 6) is 1.74.